The van der Waals surface area contributed by atoms with Gasteiger partial charge in [-0.25, -0.2) is 9.78 Å². The average Bonchev–Trinajstić information content (AvgIpc) is 2.57. The third-order valence-corrected chi connectivity index (χ3v) is 4.83. The van der Waals surface area contributed by atoms with Crippen LogP contribution in [0.4, 0.5) is 0 Å². The Morgan fingerprint density at radius 1 is 1.25 bits per heavy atom. The number of pyridine rings is 1. The SMILES string of the molecule is C[C@H]1CCC[C@H](NC(=O)c2cnc3c(c2)c(=O)n(C)c(=O)n3C)C1. The number of aromatic nitrogens is 3. The van der Waals surface area contributed by atoms with E-state index >= 15 is 0 Å². The molecule has 1 fully saturated rings. The Bertz CT molecular complexity index is 912. The van der Waals surface area contributed by atoms with Gasteiger partial charge in [0.05, 0.1) is 10.9 Å². The second-order valence-electron chi connectivity index (χ2n) is 6.74. The van der Waals surface area contributed by atoms with Crippen molar-refractivity contribution in [2.45, 2.75) is 38.6 Å². The maximum atomic E-state index is 12.5. The minimum Gasteiger partial charge on any atom is -0.349 e. The molecule has 24 heavy (non-hydrogen) atoms. The van der Waals surface area contributed by atoms with Crippen molar-refractivity contribution >= 4 is 16.9 Å². The molecule has 2 atom stereocenters. The summed E-state index contributed by atoms with van der Waals surface area (Å²) in [6.45, 7) is 2.19. The quantitative estimate of drug-likeness (QED) is 0.888. The third kappa shape index (κ3) is 2.86. The molecule has 0 spiro atoms. The number of hydrogen-bond acceptors (Lipinski definition) is 4. The molecule has 1 aliphatic rings. The molecule has 2 heterocycles. The van der Waals surface area contributed by atoms with Crippen molar-refractivity contribution in [3.63, 3.8) is 0 Å². The van der Waals surface area contributed by atoms with Gasteiger partial charge in [0.1, 0.15) is 5.65 Å². The molecule has 3 rings (SSSR count). The van der Waals surface area contributed by atoms with Crippen LogP contribution in [0.15, 0.2) is 21.9 Å². The van der Waals surface area contributed by atoms with Crippen LogP contribution in [0.3, 0.4) is 0 Å². The Hall–Kier alpha value is -2.44. The van der Waals surface area contributed by atoms with E-state index in [1.54, 1.807) is 7.05 Å². The van der Waals surface area contributed by atoms with Gasteiger partial charge in [-0.2, -0.15) is 0 Å². The van der Waals surface area contributed by atoms with Crippen molar-refractivity contribution in [1.29, 1.82) is 0 Å². The first-order valence-electron chi connectivity index (χ1n) is 8.25. The van der Waals surface area contributed by atoms with Gasteiger partial charge in [0, 0.05) is 26.3 Å². The van der Waals surface area contributed by atoms with E-state index in [1.807, 2.05) is 0 Å². The molecule has 1 N–H and O–H groups in total. The van der Waals surface area contributed by atoms with E-state index < -0.39 is 11.2 Å². The number of carbonyl (C=O) groups is 1. The first-order chi connectivity index (χ1) is 11.4. The number of nitrogens with zero attached hydrogens (tertiary/aromatic N) is 3. The van der Waals surface area contributed by atoms with Crippen molar-refractivity contribution in [2.24, 2.45) is 20.0 Å². The second kappa shape index (κ2) is 6.22. The molecule has 7 heteroatoms. The molecule has 0 aromatic carbocycles. The summed E-state index contributed by atoms with van der Waals surface area (Å²) in [5.41, 5.74) is -0.252. The fourth-order valence-electron chi connectivity index (χ4n) is 3.42. The van der Waals surface area contributed by atoms with E-state index in [1.165, 1.54) is 30.3 Å². The zero-order chi connectivity index (χ0) is 17.4. The summed E-state index contributed by atoms with van der Waals surface area (Å²) in [4.78, 5) is 40.9. The zero-order valence-corrected chi connectivity index (χ0v) is 14.2. The molecular formula is C17H22N4O3. The van der Waals surface area contributed by atoms with Crippen LogP contribution < -0.4 is 16.6 Å². The van der Waals surface area contributed by atoms with Gasteiger partial charge in [-0.15, -0.1) is 0 Å². The summed E-state index contributed by atoms with van der Waals surface area (Å²) >= 11 is 0. The Kier molecular flexibility index (Phi) is 4.26. The molecular weight excluding hydrogens is 308 g/mol. The largest absolute Gasteiger partial charge is 0.349 e. The molecule has 2 aromatic rings. The minimum atomic E-state index is -0.443. The standard InChI is InChI=1S/C17H22N4O3/c1-10-5-4-6-12(7-10)19-15(22)11-8-13-14(18-9-11)20(2)17(24)21(3)16(13)23/h8-10,12H,4-7H2,1-3H3,(H,19,22)/t10-,12-/m0/s1. The fraction of sp³-hybridized carbons (Fsp3) is 0.529. The van der Waals surface area contributed by atoms with E-state index in [-0.39, 0.29) is 23.0 Å². The number of aryl methyl sites for hydroxylation is 1. The normalized spacial score (nSPS) is 21.0. The number of carbonyl (C=O) groups excluding carboxylic acids is 1. The summed E-state index contributed by atoms with van der Waals surface area (Å²) in [7, 11) is 2.97. The molecule has 128 valence electrons. The second-order valence-corrected chi connectivity index (χ2v) is 6.74. The van der Waals surface area contributed by atoms with Gasteiger partial charge < -0.3 is 5.32 Å². The predicted molar refractivity (Wildman–Crippen MR) is 91.1 cm³/mol. The molecule has 1 saturated carbocycles. The topological polar surface area (TPSA) is 86.0 Å². The molecule has 1 aliphatic carbocycles. The van der Waals surface area contributed by atoms with E-state index in [4.69, 9.17) is 0 Å². The highest BCUT2D eigenvalue weighted by Crippen LogP contribution is 2.23. The van der Waals surface area contributed by atoms with Crippen LogP contribution in [0, 0.1) is 5.92 Å². The molecule has 0 radical (unpaired) electrons. The number of hydrogen-bond donors (Lipinski definition) is 1. The van der Waals surface area contributed by atoms with Gasteiger partial charge in [0.25, 0.3) is 11.5 Å². The summed E-state index contributed by atoms with van der Waals surface area (Å²) < 4.78 is 2.33. The summed E-state index contributed by atoms with van der Waals surface area (Å²) in [6, 6.07) is 1.69. The maximum absolute atomic E-state index is 12.5. The van der Waals surface area contributed by atoms with E-state index in [0.29, 0.717) is 11.5 Å². The molecule has 0 saturated heterocycles. The molecule has 7 nitrogen and oxygen atoms in total. The molecule has 2 aromatic heterocycles. The van der Waals surface area contributed by atoms with E-state index in [9.17, 15) is 14.4 Å². The van der Waals surface area contributed by atoms with Gasteiger partial charge in [0.2, 0.25) is 0 Å². The Labute approximate surface area is 139 Å². The average molecular weight is 330 g/mol. The lowest BCUT2D eigenvalue weighted by Gasteiger charge is -2.27. The maximum Gasteiger partial charge on any atom is 0.332 e. The smallest absolute Gasteiger partial charge is 0.332 e. The number of fused-ring (bicyclic) bond motifs is 1. The van der Waals surface area contributed by atoms with E-state index in [2.05, 4.69) is 17.2 Å². The third-order valence-electron chi connectivity index (χ3n) is 4.83. The van der Waals surface area contributed by atoms with E-state index in [0.717, 1.165) is 23.8 Å². The van der Waals surface area contributed by atoms with Crippen LogP contribution in [0.25, 0.3) is 11.0 Å². The van der Waals surface area contributed by atoms with Crippen molar-refractivity contribution in [3.8, 4) is 0 Å². The first-order valence-corrected chi connectivity index (χ1v) is 8.25. The minimum absolute atomic E-state index is 0.167. The van der Waals surface area contributed by atoms with Crippen LogP contribution in [-0.4, -0.2) is 26.1 Å². The van der Waals surface area contributed by atoms with Crippen molar-refractivity contribution in [1.82, 2.24) is 19.4 Å². The Morgan fingerprint density at radius 2 is 2.00 bits per heavy atom. The highest BCUT2D eigenvalue weighted by Gasteiger charge is 2.21. The van der Waals surface area contributed by atoms with Gasteiger partial charge in [-0.1, -0.05) is 19.8 Å². The lowest BCUT2D eigenvalue weighted by atomic mass is 9.87. The lowest BCUT2D eigenvalue weighted by Crippen LogP contribution is -2.39. The van der Waals surface area contributed by atoms with Crippen molar-refractivity contribution in [3.05, 3.63) is 38.7 Å². The van der Waals surface area contributed by atoms with Crippen LogP contribution in [0.5, 0.6) is 0 Å². The van der Waals surface area contributed by atoms with Gasteiger partial charge in [-0.05, 0) is 24.8 Å². The summed E-state index contributed by atoms with van der Waals surface area (Å²) in [5, 5.41) is 3.30. The summed E-state index contributed by atoms with van der Waals surface area (Å²) in [5.74, 6) is 0.389. The Morgan fingerprint density at radius 3 is 2.71 bits per heavy atom. The summed E-state index contributed by atoms with van der Waals surface area (Å²) in [6.07, 6.45) is 5.69. The van der Waals surface area contributed by atoms with Crippen LogP contribution in [0.2, 0.25) is 0 Å². The van der Waals surface area contributed by atoms with Gasteiger partial charge in [0.15, 0.2) is 0 Å². The highest BCUT2D eigenvalue weighted by molar-refractivity contribution is 5.96. The molecule has 1 amide bonds. The molecule has 0 aliphatic heterocycles. The molecule has 0 bridgehead atoms. The zero-order valence-electron chi connectivity index (χ0n) is 14.2. The highest BCUT2D eigenvalue weighted by atomic mass is 16.2. The molecule has 0 unspecified atom stereocenters. The monoisotopic (exact) mass is 330 g/mol. The van der Waals surface area contributed by atoms with Crippen molar-refractivity contribution in [2.75, 3.05) is 0 Å². The van der Waals surface area contributed by atoms with Crippen molar-refractivity contribution < 1.29 is 4.79 Å². The Balaban J connectivity index is 1.94. The fourth-order valence-corrected chi connectivity index (χ4v) is 3.42. The van der Waals surface area contributed by atoms with Gasteiger partial charge >= 0.3 is 5.69 Å². The number of rotatable bonds is 2. The van der Waals surface area contributed by atoms with Gasteiger partial charge in [-0.3, -0.25) is 18.7 Å². The number of nitrogens with one attached hydrogen (secondary N) is 1. The first kappa shape index (κ1) is 16.4. The van der Waals surface area contributed by atoms with Crippen LogP contribution in [-0.2, 0) is 14.1 Å². The van der Waals surface area contributed by atoms with Crippen LogP contribution in [0.1, 0.15) is 43.0 Å². The predicted octanol–water partition coefficient (Wildman–Crippen LogP) is 0.941. The van der Waals surface area contributed by atoms with Crippen LogP contribution >= 0.6 is 0 Å². The number of amides is 1. The lowest BCUT2D eigenvalue weighted by molar-refractivity contribution is 0.0921.